The predicted molar refractivity (Wildman–Crippen MR) is 108 cm³/mol. The van der Waals surface area contributed by atoms with Crippen LogP contribution in [0.2, 0.25) is 0 Å². The fourth-order valence-corrected chi connectivity index (χ4v) is 3.22. The molecule has 0 bridgehead atoms. The van der Waals surface area contributed by atoms with Crippen LogP contribution in [0.1, 0.15) is 6.42 Å². The summed E-state index contributed by atoms with van der Waals surface area (Å²) < 4.78 is 5.75. The molecule has 1 fully saturated rings. The van der Waals surface area contributed by atoms with Gasteiger partial charge in [-0.05, 0) is 48.5 Å². The minimum Gasteiger partial charge on any atom is -0.457 e. The fraction of sp³-hybridized carbons (Fsp3) is 0.130. The number of carbonyl (C=O) groups excluding carboxylic acids is 2. The molecule has 0 aromatic heterocycles. The van der Waals surface area contributed by atoms with Gasteiger partial charge in [-0.1, -0.05) is 36.4 Å². The number of amides is 2. The Bertz CT molecular complexity index is 956. The Balaban J connectivity index is 1.37. The van der Waals surface area contributed by atoms with Crippen molar-refractivity contribution in [1.82, 2.24) is 0 Å². The first-order valence-electron chi connectivity index (χ1n) is 9.18. The molecule has 1 aliphatic heterocycles. The number of anilines is 2. The number of rotatable bonds is 5. The van der Waals surface area contributed by atoms with Crippen molar-refractivity contribution in [3.05, 3.63) is 84.9 Å². The third-order valence-electron chi connectivity index (χ3n) is 4.66. The SMILES string of the molecule is O=C(Nc1ccc(Oc2ccccc2)cc1)[C@@H]1CC(=O)N(c2ccccc2)C1. The predicted octanol–water partition coefficient (Wildman–Crippen LogP) is 4.47. The summed E-state index contributed by atoms with van der Waals surface area (Å²) in [5.74, 6) is 0.898. The molecular formula is C23H20N2O3. The van der Waals surface area contributed by atoms with E-state index in [0.29, 0.717) is 18.0 Å². The second-order valence-corrected chi connectivity index (χ2v) is 6.67. The molecule has 1 aliphatic rings. The summed E-state index contributed by atoms with van der Waals surface area (Å²) in [7, 11) is 0. The smallest absolute Gasteiger partial charge is 0.229 e. The van der Waals surface area contributed by atoms with Crippen LogP contribution < -0.4 is 15.0 Å². The van der Waals surface area contributed by atoms with Crippen molar-refractivity contribution >= 4 is 23.2 Å². The number of para-hydroxylation sites is 2. The first-order chi connectivity index (χ1) is 13.7. The van der Waals surface area contributed by atoms with E-state index in [0.717, 1.165) is 11.4 Å². The Morgan fingerprint density at radius 3 is 2.14 bits per heavy atom. The average molecular weight is 372 g/mol. The van der Waals surface area contributed by atoms with E-state index in [1.54, 1.807) is 29.2 Å². The molecule has 0 spiro atoms. The van der Waals surface area contributed by atoms with Crippen LogP contribution in [0.25, 0.3) is 0 Å². The van der Waals surface area contributed by atoms with Gasteiger partial charge in [0.15, 0.2) is 0 Å². The van der Waals surface area contributed by atoms with Gasteiger partial charge in [0.05, 0.1) is 5.92 Å². The van der Waals surface area contributed by atoms with Crippen LogP contribution in [0.5, 0.6) is 11.5 Å². The lowest BCUT2D eigenvalue weighted by molar-refractivity contribution is -0.122. The molecule has 3 aromatic carbocycles. The van der Waals surface area contributed by atoms with Gasteiger partial charge < -0.3 is 15.0 Å². The molecule has 0 saturated carbocycles. The van der Waals surface area contributed by atoms with Crippen molar-refractivity contribution in [2.45, 2.75) is 6.42 Å². The van der Waals surface area contributed by atoms with Crippen LogP contribution in [0.3, 0.4) is 0 Å². The van der Waals surface area contributed by atoms with Crippen LogP contribution >= 0.6 is 0 Å². The Morgan fingerprint density at radius 1 is 0.857 bits per heavy atom. The van der Waals surface area contributed by atoms with E-state index in [1.165, 1.54) is 0 Å². The molecule has 1 heterocycles. The molecule has 140 valence electrons. The van der Waals surface area contributed by atoms with Gasteiger partial charge in [0, 0.05) is 24.3 Å². The standard InChI is InChI=1S/C23H20N2O3/c26-22-15-17(16-25(22)19-7-3-1-4-8-19)23(27)24-18-11-13-21(14-12-18)28-20-9-5-2-6-10-20/h1-14,17H,15-16H2,(H,24,27)/t17-/m1/s1. The Kier molecular flexibility index (Phi) is 5.06. The number of nitrogens with zero attached hydrogens (tertiary/aromatic N) is 1. The van der Waals surface area contributed by atoms with Crippen molar-refractivity contribution in [2.24, 2.45) is 5.92 Å². The molecule has 1 atom stereocenters. The number of hydrogen-bond donors (Lipinski definition) is 1. The zero-order valence-electron chi connectivity index (χ0n) is 15.2. The van der Waals surface area contributed by atoms with Gasteiger partial charge in [-0.15, -0.1) is 0 Å². The zero-order chi connectivity index (χ0) is 19.3. The topological polar surface area (TPSA) is 58.6 Å². The minimum absolute atomic E-state index is 0.0297. The van der Waals surface area contributed by atoms with Gasteiger partial charge in [-0.25, -0.2) is 0 Å². The van der Waals surface area contributed by atoms with Gasteiger partial charge in [-0.3, -0.25) is 9.59 Å². The lowest BCUT2D eigenvalue weighted by Crippen LogP contribution is -2.28. The summed E-state index contributed by atoms with van der Waals surface area (Å²) in [4.78, 5) is 26.5. The van der Waals surface area contributed by atoms with Gasteiger partial charge in [-0.2, -0.15) is 0 Å². The monoisotopic (exact) mass is 372 g/mol. The van der Waals surface area contributed by atoms with E-state index in [-0.39, 0.29) is 24.2 Å². The number of benzene rings is 3. The molecule has 1 N–H and O–H groups in total. The molecule has 1 saturated heterocycles. The molecule has 0 radical (unpaired) electrons. The quantitative estimate of drug-likeness (QED) is 0.719. The van der Waals surface area contributed by atoms with E-state index in [2.05, 4.69) is 5.32 Å². The summed E-state index contributed by atoms with van der Waals surface area (Å²) in [6.45, 7) is 0.393. The molecule has 2 amide bonds. The maximum absolute atomic E-state index is 12.6. The molecule has 4 rings (SSSR count). The van der Waals surface area contributed by atoms with Gasteiger partial charge in [0.2, 0.25) is 11.8 Å². The molecule has 3 aromatic rings. The van der Waals surface area contributed by atoms with Crippen LogP contribution in [0.15, 0.2) is 84.9 Å². The molecule has 0 unspecified atom stereocenters. The summed E-state index contributed by atoms with van der Waals surface area (Å²) in [5, 5.41) is 2.89. The third kappa shape index (κ3) is 4.04. The highest BCUT2D eigenvalue weighted by Gasteiger charge is 2.35. The molecule has 5 heteroatoms. The van der Waals surface area contributed by atoms with Crippen molar-refractivity contribution in [3.63, 3.8) is 0 Å². The molecule has 5 nitrogen and oxygen atoms in total. The Labute approximate surface area is 163 Å². The van der Waals surface area contributed by atoms with E-state index >= 15 is 0 Å². The number of carbonyl (C=O) groups is 2. The molecular weight excluding hydrogens is 352 g/mol. The van der Waals surface area contributed by atoms with Crippen LogP contribution in [0.4, 0.5) is 11.4 Å². The molecule has 28 heavy (non-hydrogen) atoms. The maximum atomic E-state index is 12.6. The summed E-state index contributed by atoms with van der Waals surface area (Å²) >= 11 is 0. The van der Waals surface area contributed by atoms with Crippen molar-refractivity contribution in [3.8, 4) is 11.5 Å². The van der Waals surface area contributed by atoms with E-state index < -0.39 is 0 Å². The highest BCUT2D eigenvalue weighted by molar-refractivity contribution is 6.03. The summed E-state index contributed by atoms with van der Waals surface area (Å²) in [5.41, 5.74) is 1.50. The lowest BCUT2D eigenvalue weighted by atomic mass is 10.1. The first kappa shape index (κ1) is 17.8. The van der Waals surface area contributed by atoms with Gasteiger partial charge in [0.25, 0.3) is 0 Å². The van der Waals surface area contributed by atoms with Crippen molar-refractivity contribution < 1.29 is 14.3 Å². The minimum atomic E-state index is -0.368. The second-order valence-electron chi connectivity index (χ2n) is 6.67. The highest BCUT2D eigenvalue weighted by Crippen LogP contribution is 2.27. The van der Waals surface area contributed by atoms with Gasteiger partial charge in [0.1, 0.15) is 11.5 Å². The van der Waals surface area contributed by atoms with Crippen molar-refractivity contribution in [2.75, 3.05) is 16.8 Å². The maximum Gasteiger partial charge on any atom is 0.229 e. The van der Waals surface area contributed by atoms with Crippen LogP contribution in [-0.2, 0) is 9.59 Å². The number of nitrogens with one attached hydrogen (secondary N) is 1. The Morgan fingerprint density at radius 2 is 1.46 bits per heavy atom. The fourth-order valence-electron chi connectivity index (χ4n) is 3.22. The molecule has 0 aliphatic carbocycles. The van der Waals surface area contributed by atoms with E-state index in [4.69, 9.17) is 4.74 Å². The van der Waals surface area contributed by atoms with Gasteiger partial charge >= 0.3 is 0 Å². The number of ether oxygens (including phenoxy) is 1. The van der Waals surface area contributed by atoms with E-state index in [1.807, 2.05) is 60.7 Å². The normalized spacial score (nSPS) is 16.1. The Hall–Kier alpha value is -3.60. The first-order valence-corrected chi connectivity index (χ1v) is 9.18. The summed E-state index contributed by atoms with van der Waals surface area (Å²) in [6.07, 6.45) is 0.218. The highest BCUT2D eigenvalue weighted by atomic mass is 16.5. The summed E-state index contributed by atoms with van der Waals surface area (Å²) in [6, 6.07) is 26.1. The average Bonchev–Trinajstić information content (AvgIpc) is 3.13. The van der Waals surface area contributed by atoms with Crippen LogP contribution in [0, 0.1) is 5.92 Å². The largest absolute Gasteiger partial charge is 0.457 e. The number of hydrogen-bond acceptors (Lipinski definition) is 3. The zero-order valence-corrected chi connectivity index (χ0v) is 15.2. The van der Waals surface area contributed by atoms with Crippen molar-refractivity contribution in [1.29, 1.82) is 0 Å². The van der Waals surface area contributed by atoms with Crippen LogP contribution in [-0.4, -0.2) is 18.4 Å². The van der Waals surface area contributed by atoms with E-state index in [9.17, 15) is 9.59 Å². The third-order valence-corrected chi connectivity index (χ3v) is 4.66. The lowest BCUT2D eigenvalue weighted by Gasteiger charge is -2.16. The second kappa shape index (κ2) is 7.96.